The maximum Gasteiger partial charge on any atom is 0.222 e. The molecule has 138 valence electrons. The monoisotopic (exact) mass is 462 g/mol. The molecule has 9 heteroatoms. The first-order valence-corrected chi connectivity index (χ1v) is 9.72. The van der Waals surface area contributed by atoms with E-state index in [-0.39, 0.29) is 47.7 Å². The smallest absolute Gasteiger partial charge is 0.222 e. The predicted octanol–water partition coefficient (Wildman–Crippen LogP) is 0.897. The van der Waals surface area contributed by atoms with Gasteiger partial charge in [0.25, 0.3) is 0 Å². The number of hydrogen-bond acceptors (Lipinski definition) is 4. The lowest BCUT2D eigenvalue weighted by Crippen LogP contribution is -2.43. The highest BCUT2D eigenvalue weighted by atomic mass is 127. The van der Waals surface area contributed by atoms with Gasteiger partial charge in [0.05, 0.1) is 12.3 Å². The molecule has 0 saturated carbocycles. The molecule has 0 rings (SSSR count). The highest BCUT2D eigenvalue weighted by molar-refractivity contribution is 14.0. The zero-order valence-corrected chi connectivity index (χ0v) is 17.8. The van der Waals surface area contributed by atoms with Crippen LogP contribution in [0.15, 0.2) is 4.99 Å². The van der Waals surface area contributed by atoms with Crippen molar-refractivity contribution in [3.8, 4) is 0 Å². The lowest BCUT2D eigenvalue weighted by molar-refractivity contribution is -0.121. The Morgan fingerprint density at radius 3 is 2.26 bits per heavy atom. The summed E-state index contributed by atoms with van der Waals surface area (Å²) in [4.78, 5) is 15.9. The topological polar surface area (TPSA) is 99.7 Å². The van der Waals surface area contributed by atoms with Gasteiger partial charge in [-0.3, -0.25) is 9.79 Å². The fraction of sp³-hybridized carbons (Fsp3) is 0.857. The second kappa shape index (κ2) is 12.8. The number of carbonyl (C=O) groups is 1. The normalized spacial score (nSPS) is 13.2. The number of hydrogen-bond donors (Lipinski definition) is 3. The molecule has 0 saturated heterocycles. The molecule has 1 atom stereocenters. The standard InChI is InChI=1S/C14H30N4O3S.HI/c1-6-15-14(16-9-7-13(19)17-11(2)3)18-12(4)8-10-22(5,20)21;/h11-12H,6-10H2,1-5H3,(H,17,19)(H2,15,16,18);1H. The molecule has 0 bridgehead atoms. The van der Waals surface area contributed by atoms with Gasteiger partial charge < -0.3 is 16.0 Å². The van der Waals surface area contributed by atoms with Crippen LogP contribution < -0.4 is 16.0 Å². The van der Waals surface area contributed by atoms with Gasteiger partial charge in [-0.25, -0.2) is 8.42 Å². The van der Waals surface area contributed by atoms with Crippen LogP contribution in [0.5, 0.6) is 0 Å². The number of rotatable bonds is 9. The molecular weight excluding hydrogens is 431 g/mol. The van der Waals surface area contributed by atoms with Gasteiger partial charge >= 0.3 is 0 Å². The minimum Gasteiger partial charge on any atom is -0.357 e. The van der Waals surface area contributed by atoms with E-state index in [0.29, 0.717) is 31.9 Å². The van der Waals surface area contributed by atoms with Crippen LogP contribution in [0.25, 0.3) is 0 Å². The number of amides is 1. The summed E-state index contributed by atoms with van der Waals surface area (Å²) in [5, 5.41) is 9.04. The first-order valence-electron chi connectivity index (χ1n) is 7.66. The third-order valence-corrected chi connectivity index (χ3v) is 3.68. The van der Waals surface area contributed by atoms with E-state index in [1.807, 2.05) is 27.7 Å². The maximum absolute atomic E-state index is 11.5. The fourth-order valence-corrected chi connectivity index (χ4v) is 2.46. The van der Waals surface area contributed by atoms with Crippen molar-refractivity contribution in [2.24, 2.45) is 4.99 Å². The molecule has 0 aromatic carbocycles. The van der Waals surface area contributed by atoms with Crippen LogP contribution in [0.2, 0.25) is 0 Å². The summed E-state index contributed by atoms with van der Waals surface area (Å²) >= 11 is 0. The Labute approximate surface area is 157 Å². The number of carbonyl (C=O) groups excluding carboxylic acids is 1. The molecular formula is C14H31IN4O3S. The zero-order chi connectivity index (χ0) is 17.2. The third-order valence-electron chi connectivity index (χ3n) is 2.71. The van der Waals surface area contributed by atoms with Gasteiger partial charge in [0.15, 0.2) is 5.96 Å². The van der Waals surface area contributed by atoms with E-state index in [1.54, 1.807) is 0 Å². The van der Waals surface area contributed by atoms with Crippen LogP contribution in [0, 0.1) is 0 Å². The second-order valence-corrected chi connectivity index (χ2v) is 7.96. The summed E-state index contributed by atoms with van der Waals surface area (Å²) in [5.74, 6) is 0.706. The van der Waals surface area contributed by atoms with Gasteiger partial charge in [-0.2, -0.15) is 0 Å². The molecule has 7 nitrogen and oxygen atoms in total. The van der Waals surface area contributed by atoms with Gasteiger partial charge in [0, 0.05) is 31.3 Å². The quantitative estimate of drug-likeness (QED) is 0.269. The van der Waals surface area contributed by atoms with Gasteiger partial charge in [-0.05, 0) is 34.1 Å². The van der Waals surface area contributed by atoms with Crippen LogP contribution in [0.1, 0.15) is 40.5 Å². The Morgan fingerprint density at radius 2 is 1.78 bits per heavy atom. The van der Waals surface area contributed by atoms with E-state index >= 15 is 0 Å². The molecule has 1 unspecified atom stereocenters. The zero-order valence-electron chi connectivity index (χ0n) is 14.7. The van der Waals surface area contributed by atoms with Gasteiger partial charge in [-0.1, -0.05) is 0 Å². The van der Waals surface area contributed by atoms with Crippen molar-refractivity contribution in [1.82, 2.24) is 16.0 Å². The van der Waals surface area contributed by atoms with Gasteiger partial charge in [0.2, 0.25) is 5.91 Å². The molecule has 0 aromatic heterocycles. The van der Waals surface area contributed by atoms with Crippen LogP contribution >= 0.6 is 24.0 Å². The summed E-state index contributed by atoms with van der Waals surface area (Å²) in [6, 6.07) is 0.107. The molecule has 0 aliphatic heterocycles. The SMILES string of the molecule is CCNC(=NCCC(=O)NC(C)C)NC(C)CCS(C)(=O)=O.I. The van der Waals surface area contributed by atoms with Crippen molar-refractivity contribution in [2.75, 3.05) is 25.1 Å². The Balaban J connectivity index is 0. The fourth-order valence-electron chi connectivity index (χ4n) is 1.68. The van der Waals surface area contributed by atoms with Crippen LogP contribution in [0.3, 0.4) is 0 Å². The number of nitrogens with zero attached hydrogens (tertiary/aromatic N) is 1. The molecule has 0 fully saturated rings. The number of guanidine groups is 1. The summed E-state index contributed by atoms with van der Waals surface area (Å²) in [5.41, 5.74) is 0. The molecule has 0 aromatic rings. The van der Waals surface area contributed by atoms with Gasteiger partial charge in [-0.15, -0.1) is 24.0 Å². The molecule has 0 heterocycles. The molecule has 0 aliphatic rings. The van der Waals surface area contributed by atoms with Crippen molar-refractivity contribution in [3.05, 3.63) is 0 Å². The summed E-state index contributed by atoms with van der Waals surface area (Å²) in [6.45, 7) is 8.76. The lowest BCUT2D eigenvalue weighted by Gasteiger charge is -2.17. The van der Waals surface area contributed by atoms with Crippen molar-refractivity contribution >= 4 is 45.7 Å². The van der Waals surface area contributed by atoms with Crippen molar-refractivity contribution < 1.29 is 13.2 Å². The molecule has 1 amide bonds. The predicted molar refractivity (Wildman–Crippen MR) is 106 cm³/mol. The molecule has 0 aliphatic carbocycles. The first-order chi connectivity index (χ1) is 10.1. The molecule has 0 radical (unpaired) electrons. The van der Waals surface area contributed by atoms with E-state index < -0.39 is 9.84 Å². The minimum absolute atomic E-state index is 0. The lowest BCUT2D eigenvalue weighted by atomic mass is 10.3. The van der Waals surface area contributed by atoms with Crippen molar-refractivity contribution in [1.29, 1.82) is 0 Å². The Hall–Kier alpha value is -0.580. The van der Waals surface area contributed by atoms with E-state index in [2.05, 4.69) is 20.9 Å². The van der Waals surface area contributed by atoms with Crippen LogP contribution in [-0.4, -0.2) is 57.5 Å². The van der Waals surface area contributed by atoms with Crippen LogP contribution in [0.4, 0.5) is 0 Å². The number of aliphatic imine (C=N–C) groups is 1. The highest BCUT2D eigenvalue weighted by Crippen LogP contribution is 1.95. The number of halogens is 1. The summed E-state index contributed by atoms with van der Waals surface area (Å²) in [7, 11) is -2.96. The average molecular weight is 462 g/mol. The number of nitrogens with one attached hydrogen (secondary N) is 3. The average Bonchev–Trinajstić information content (AvgIpc) is 2.34. The highest BCUT2D eigenvalue weighted by Gasteiger charge is 2.09. The maximum atomic E-state index is 11.5. The molecule has 0 spiro atoms. The Bertz CT molecular complexity index is 467. The third kappa shape index (κ3) is 16.1. The van der Waals surface area contributed by atoms with E-state index in [1.165, 1.54) is 6.26 Å². The van der Waals surface area contributed by atoms with E-state index in [9.17, 15) is 13.2 Å². The second-order valence-electron chi connectivity index (χ2n) is 5.70. The molecule has 23 heavy (non-hydrogen) atoms. The van der Waals surface area contributed by atoms with Crippen molar-refractivity contribution in [2.45, 2.75) is 52.6 Å². The largest absolute Gasteiger partial charge is 0.357 e. The summed E-state index contributed by atoms with van der Waals surface area (Å²) in [6.07, 6.45) is 2.07. The van der Waals surface area contributed by atoms with Crippen molar-refractivity contribution in [3.63, 3.8) is 0 Å². The van der Waals surface area contributed by atoms with E-state index in [0.717, 1.165) is 0 Å². The Kier molecular flexibility index (Phi) is 13.7. The van der Waals surface area contributed by atoms with Gasteiger partial charge in [0.1, 0.15) is 9.84 Å². The first kappa shape index (κ1) is 24.7. The number of sulfone groups is 1. The molecule has 3 N–H and O–H groups in total. The van der Waals surface area contributed by atoms with Crippen LogP contribution in [-0.2, 0) is 14.6 Å². The van der Waals surface area contributed by atoms with E-state index in [4.69, 9.17) is 0 Å². The Morgan fingerprint density at radius 1 is 1.17 bits per heavy atom. The minimum atomic E-state index is -2.96. The summed E-state index contributed by atoms with van der Waals surface area (Å²) < 4.78 is 22.3.